The van der Waals surface area contributed by atoms with E-state index < -0.39 is 38.9 Å². The van der Waals surface area contributed by atoms with Gasteiger partial charge in [-0.3, -0.25) is 25.0 Å². The van der Waals surface area contributed by atoms with Crippen molar-refractivity contribution < 1.29 is 28.6 Å². The van der Waals surface area contributed by atoms with Gasteiger partial charge in [-0.05, 0) is 24.6 Å². The Morgan fingerprint density at radius 3 is 2.09 bits per heavy atom. The molecular formula is C20H14FN3O7S. The second kappa shape index (κ2) is 8.89. The average molecular weight is 459 g/mol. The van der Waals surface area contributed by atoms with E-state index in [9.17, 15) is 34.2 Å². The Morgan fingerprint density at radius 1 is 1.03 bits per heavy atom. The van der Waals surface area contributed by atoms with E-state index in [4.69, 9.17) is 4.74 Å². The number of hydrogen-bond acceptors (Lipinski definition) is 8. The Bertz CT molecular complexity index is 1220. The van der Waals surface area contributed by atoms with Crippen LogP contribution in [0.15, 0.2) is 42.5 Å². The highest BCUT2D eigenvalue weighted by Crippen LogP contribution is 2.40. The maximum absolute atomic E-state index is 13.3. The quantitative estimate of drug-likeness (QED) is 0.319. The molecule has 0 spiro atoms. The predicted octanol–water partition coefficient (Wildman–Crippen LogP) is 4.72. The first-order chi connectivity index (χ1) is 15.1. The molecule has 12 heteroatoms. The first-order valence-corrected chi connectivity index (χ1v) is 9.67. The fourth-order valence-electron chi connectivity index (χ4n) is 3.01. The minimum atomic E-state index is -0.895. The molecule has 0 radical (unpaired) electrons. The average Bonchev–Trinajstić information content (AvgIpc) is 3.08. The zero-order chi connectivity index (χ0) is 23.6. The van der Waals surface area contributed by atoms with Crippen molar-refractivity contribution >= 4 is 39.6 Å². The number of aryl methyl sites for hydroxylation is 1. The van der Waals surface area contributed by atoms with Crippen LogP contribution in [0, 0.1) is 33.0 Å². The zero-order valence-corrected chi connectivity index (χ0v) is 17.4. The molecule has 0 aliphatic carbocycles. The Hall–Kier alpha value is -4.19. The summed E-state index contributed by atoms with van der Waals surface area (Å²) < 4.78 is 18.2. The largest absolute Gasteiger partial charge is 0.465 e. The van der Waals surface area contributed by atoms with E-state index in [2.05, 4.69) is 5.32 Å². The molecule has 0 fully saturated rings. The number of halogens is 1. The summed E-state index contributed by atoms with van der Waals surface area (Å²) in [6, 6.07) is 7.88. The lowest BCUT2D eigenvalue weighted by molar-refractivity contribution is -0.394. The van der Waals surface area contributed by atoms with Crippen LogP contribution in [0.2, 0.25) is 0 Å². The van der Waals surface area contributed by atoms with Crippen molar-refractivity contribution in [2.75, 3.05) is 12.4 Å². The number of amides is 1. The summed E-state index contributed by atoms with van der Waals surface area (Å²) in [5, 5.41) is 24.7. The van der Waals surface area contributed by atoms with Crippen LogP contribution < -0.4 is 5.32 Å². The van der Waals surface area contributed by atoms with Crippen LogP contribution in [-0.2, 0) is 4.74 Å². The standard InChI is InChI=1S/C20H14FN3O7S/c1-10-16(11-3-5-13(21)6-4-11)17(20(26)31-2)19(32-10)22-18(25)12-7-14(23(27)28)9-15(8-12)24(29)30/h3-9H,1-2H3,(H,22,25). The lowest BCUT2D eigenvalue weighted by Gasteiger charge is -2.08. The number of anilines is 1. The van der Waals surface area contributed by atoms with Crippen LogP contribution in [-0.4, -0.2) is 28.8 Å². The number of hydrogen-bond donors (Lipinski definition) is 1. The SMILES string of the molecule is COC(=O)c1c(NC(=O)c2cc([N+](=O)[O-])cc([N+](=O)[O-])c2)sc(C)c1-c1ccc(F)cc1. The van der Waals surface area contributed by atoms with Crippen molar-refractivity contribution in [3.8, 4) is 11.1 Å². The van der Waals surface area contributed by atoms with E-state index in [-0.39, 0.29) is 16.1 Å². The van der Waals surface area contributed by atoms with Crippen LogP contribution in [0.4, 0.5) is 20.8 Å². The predicted molar refractivity (Wildman–Crippen MR) is 113 cm³/mol. The van der Waals surface area contributed by atoms with Gasteiger partial charge in [-0.25, -0.2) is 9.18 Å². The van der Waals surface area contributed by atoms with Crippen LogP contribution in [0.1, 0.15) is 25.6 Å². The van der Waals surface area contributed by atoms with Gasteiger partial charge in [0, 0.05) is 22.6 Å². The Morgan fingerprint density at radius 2 is 1.59 bits per heavy atom. The summed E-state index contributed by atoms with van der Waals surface area (Å²) in [6.07, 6.45) is 0. The Labute approximate surface area is 183 Å². The zero-order valence-electron chi connectivity index (χ0n) is 16.6. The van der Waals surface area contributed by atoms with Gasteiger partial charge >= 0.3 is 5.97 Å². The van der Waals surface area contributed by atoms with Crippen LogP contribution in [0.25, 0.3) is 11.1 Å². The molecule has 0 saturated carbocycles. The third-order valence-electron chi connectivity index (χ3n) is 4.42. The lowest BCUT2D eigenvalue weighted by atomic mass is 10.0. The van der Waals surface area contributed by atoms with Crippen molar-refractivity contribution in [1.82, 2.24) is 0 Å². The smallest absolute Gasteiger partial charge is 0.341 e. The summed E-state index contributed by atoms with van der Waals surface area (Å²) >= 11 is 1.03. The number of esters is 1. The molecule has 0 aliphatic heterocycles. The number of nitrogens with zero attached hydrogens (tertiary/aromatic N) is 2. The normalized spacial score (nSPS) is 10.5. The number of non-ortho nitro benzene ring substituents is 2. The number of nitro benzene ring substituents is 2. The van der Waals surface area contributed by atoms with Crippen molar-refractivity contribution in [2.45, 2.75) is 6.92 Å². The summed E-state index contributed by atoms with van der Waals surface area (Å²) in [5.41, 5.74) is -0.668. The Kier molecular flexibility index (Phi) is 6.25. The molecule has 1 N–H and O–H groups in total. The fraction of sp³-hybridized carbons (Fsp3) is 0.100. The van der Waals surface area contributed by atoms with Gasteiger partial charge in [0.05, 0.1) is 28.6 Å². The highest BCUT2D eigenvalue weighted by molar-refractivity contribution is 7.17. The molecule has 0 unspecified atom stereocenters. The molecule has 32 heavy (non-hydrogen) atoms. The maximum Gasteiger partial charge on any atom is 0.341 e. The molecule has 1 aromatic heterocycles. The monoisotopic (exact) mass is 459 g/mol. The number of methoxy groups -OCH3 is 1. The Balaban J connectivity index is 2.08. The maximum atomic E-state index is 13.3. The summed E-state index contributed by atoms with van der Waals surface area (Å²) in [7, 11) is 1.15. The summed E-state index contributed by atoms with van der Waals surface area (Å²) in [4.78, 5) is 46.3. The molecule has 10 nitrogen and oxygen atoms in total. The van der Waals surface area contributed by atoms with Gasteiger partial charge in [0.1, 0.15) is 16.4 Å². The molecule has 0 atom stereocenters. The second-order valence-corrected chi connectivity index (χ2v) is 7.67. The van der Waals surface area contributed by atoms with Gasteiger partial charge in [-0.1, -0.05) is 12.1 Å². The van der Waals surface area contributed by atoms with Crippen molar-refractivity contribution in [2.24, 2.45) is 0 Å². The van der Waals surface area contributed by atoms with Gasteiger partial charge < -0.3 is 10.1 Å². The first kappa shape index (κ1) is 22.5. The second-order valence-electron chi connectivity index (χ2n) is 6.44. The van der Waals surface area contributed by atoms with Gasteiger partial charge in [0.2, 0.25) is 0 Å². The number of carbonyl (C=O) groups excluding carboxylic acids is 2. The fourth-order valence-corrected chi connectivity index (χ4v) is 4.07. The van der Waals surface area contributed by atoms with Crippen molar-refractivity contribution in [3.63, 3.8) is 0 Å². The van der Waals surface area contributed by atoms with Gasteiger partial charge in [-0.15, -0.1) is 11.3 Å². The van der Waals surface area contributed by atoms with Crippen LogP contribution >= 0.6 is 11.3 Å². The minimum absolute atomic E-state index is 0.00916. The third-order valence-corrected chi connectivity index (χ3v) is 5.44. The van der Waals surface area contributed by atoms with E-state index in [1.54, 1.807) is 6.92 Å². The topological polar surface area (TPSA) is 142 Å². The number of nitro groups is 2. The molecule has 1 amide bonds. The highest BCUT2D eigenvalue weighted by atomic mass is 32.1. The number of ether oxygens (including phenoxy) is 1. The number of carbonyl (C=O) groups is 2. The molecule has 0 saturated heterocycles. The van der Waals surface area contributed by atoms with E-state index >= 15 is 0 Å². The van der Waals surface area contributed by atoms with Gasteiger partial charge in [-0.2, -0.15) is 0 Å². The number of benzene rings is 2. The van der Waals surface area contributed by atoms with Gasteiger partial charge in [0.15, 0.2) is 0 Å². The van der Waals surface area contributed by atoms with Crippen molar-refractivity contribution in [3.05, 3.63) is 84.5 Å². The van der Waals surface area contributed by atoms with E-state index in [1.807, 2.05) is 0 Å². The summed E-state index contributed by atoms with van der Waals surface area (Å²) in [6.45, 7) is 1.68. The number of rotatable bonds is 6. The molecule has 2 aromatic carbocycles. The summed E-state index contributed by atoms with van der Waals surface area (Å²) in [5.74, 6) is -2.13. The number of nitrogens with one attached hydrogen (secondary N) is 1. The van der Waals surface area contributed by atoms with Crippen LogP contribution in [0.5, 0.6) is 0 Å². The molecule has 3 rings (SSSR count). The third kappa shape index (κ3) is 4.44. The molecular weight excluding hydrogens is 445 g/mol. The highest BCUT2D eigenvalue weighted by Gasteiger charge is 2.27. The lowest BCUT2D eigenvalue weighted by Crippen LogP contribution is -2.14. The minimum Gasteiger partial charge on any atom is -0.465 e. The molecule has 0 aliphatic rings. The van der Waals surface area contributed by atoms with E-state index in [1.165, 1.54) is 24.3 Å². The number of thiophene rings is 1. The van der Waals surface area contributed by atoms with E-state index in [0.29, 0.717) is 16.0 Å². The van der Waals surface area contributed by atoms with Crippen LogP contribution in [0.3, 0.4) is 0 Å². The van der Waals surface area contributed by atoms with Crippen molar-refractivity contribution in [1.29, 1.82) is 0 Å². The van der Waals surface area contributed by atoms with E-state index in [0.717, 1.165) is 36.6 Å². The molecule has 164 valence electrons. The molecule has 0 bridgehead atoms. The molecule has 1 heterocycles. The molecule has 3 aromatic rings. The van der Waals surface area contributed by atoms with Gasteiger partial charge in [0.25, 0.3) is 17.3 Å². The first-order valence-electron chi connectivity index (χ1n) is 8.85.